The van der Waals surface area contributed by atoms with Crippen molar-refractivity contribution in [2.45, 2.75) is 64.9 Å². The number of carbonyl (C=O) groups excluding carboxylic acids is 2. The SMILES string of the molecule is CC.CC.CC(C)SC1CC(=O)CC1=O. The molecule has 0 N–H and O–H groups in total. The predicted molar refractivity (Wildman–Crippen MR) is 68.5 cm³/mol. The molecular formula is C12H24O2S. The Balaban J connectivity index is 0. The lowest BCUT2D eigenvalue weighted by Gasteiger charge is -2.08. The van der Waals surface area contributed by atoms with Gasteiger partial charge in [-0.25, -0.2) is 0 Å². The Morgan fingerprint density at radius 1 is 1.13 bits per heavy atom. The van der Waals surface area contributed by atoms with Crippen molar-refractivity contribution >= 4 is 23.3 Å². The molecule has 90 valence electrons. The van der Waals surface area contributed by atoms with Crippen LogP contribution in [0.25, 0.3) is 0 Å². The third kappa shape index (κ3) is 7.60. The minimum atomic E-state index is -0.0394. The normalized spacial score (nSPS) is 19.3. The van der Waals surface area contributed by atoms with Crippen molar-refractivity contribution in [2.24, 2.45) is 0 Å². The third-order valence-corrected chi connectivity index (χ3v) is 2.88. The van der Waals surface area contributed by atoms with Crippen LogP contribution in [0.15, 0.2) is 0 Å². The van der Waals surface area contributed by atoms with Gasteiger partial charge in [0.2, 0.25) is 0 Å². The average molecular weight is 232 g/mol. The van der Waals surface area contributed by atoms with Crippen molar-refractivity contribution in [3.63, 3.8) is 0 Å². The van der Waals surface area contributed by atoms with Crippen LogP contribution >= 0.6 is 11.8 Å². The molecule has 1 unspecified atom stereocenters. The van der Waals surface area contributed by atoms with Gasteiger partial charge < -0.3 is 0 Å². The highest BCUT2D eigenvalue weighted by Crippen LogP contribution is 2.27. The standard InChI is InChI=1S/C8H12O2S.2C2H6/c1-5(2)11-8-4-6(9)3-7(8)10;2*1-2/h5,8H,3-4H2,1-2H3;2*1-2H3. The summed E-state index contributed by atoms with van der Waals surface area (Å²) < 4.78 is 0. The van der Waals surface area contributed by atoms with E-state index in [1.807, 2.05) is 41.5 Å². The molecule has 1 saturated carbocycles. The monoisotopic (exact) mass is 232 g/mol. The van der Waals surface area contributed by atoms with Crippen molar-refractivity contribution in [1.82, 2.24) is 0 Å². The number of thioether (sulfide) groups is 1. The fourth-order valence-electron chi connectivity index (χ4n) is 1.15. The molecule has 0 amide bonds. The number of hydrogen-bond donors (Lipinski definition) is 0. The van der Waals surface area contributed by atoms with Gasteiger partial charge in [-0.1, -0.05) is 41.5 Å². The fraction of sp³-hybridized carbons (Fsp3) is 0.833. The highest BCUT2D eigenvalue weighted by molar-refractivity contribution is 8.01. The van der Waals surface area contributed by atoms with Crippen LogP contribution in [0.5, 0.6) is 0 Å². The van der Waals surface area contributed by atoms with Crippen molar-refractivity contribution in [1.29, 1.82) is 0 Å². The molecule has 0 bridgehead atoms. The molecule has 1 atom stereocenters. The molecule has 1 aliphatic carbocycles. The first kappa shape index (κ1) is 17.1. The molecule has 1 rings (SSSR count). The summed E-state index contributed by atoms with van der Waals surface area (Å²) in [5, 5.41) is 0.400. The zero-order valence-corrected chi connectivity index (χ0v) is 11.6. The van der Waals surface area contributed by atoms with Gasteiger partial charge in [0.1, 0.15) is 5.78 Å². The maximum absolute atomic E-state index is 11.1. The molecule has 15 heavy (non-hydrogen) atoms. The van der Waals surface area contributed by atoms with E-state index < -0.39 is 0 Å². The Hall–Kier alpha value is -0.310. The lowest BCUT2D eigenvalue weighted by Crippen LogP contribution is -2.11. The van der Waals surface area contributed by atoms with Crippen LogP contribution in [-0.4, -0.2) is 22.1 Å². The number of carbonyl (C=O) groups is 2. The summed E-state index contributed by atoms with van der Waals surface area (Å²) in [5.41, 5.74) is 0. The van der Waals surface area contributed by atoms with Crippen LogP contribution in [-0.2, 0) is 9.59 Å². The van der Waals surface area contributed by atoms with Crippen molar-refractivity contribution in [3.05, 3.63) is 0 Å². The van der Waals surface area contributed by atoms with Crippen LogP contribution in [0.3, 0.4) is 0 Å². The van der Waals surface area contributed by atoms with Gasteiger partial charge in [0.15, 0.2) is 5.78 Å². The molecular weight excluding hydrogens is 208 g/mol. The molecule has 0 aromatic carbocycles. The van der Waals surface area contributed by atoms with Crippen LogP contribution < -0.4 is 0 Å². The van der Waals surface area contributed by atoms with Gasteiger partial charge in [-0.3, -0.25) is 9.59 Å². The molecule has 0 spiro atoms. The van der Waals surface area contributed by atoms with E-state index in [-0.39, 0.29) is 23.2 Å². The summed E-state index contributed by atoms with van der Waals surface area (Å²) in [6, 6.07) is 0. The molecule has 0 radical (unpaired) electrons. The summed E-state index contributed by atoms with van der Waals surface area (Å²) in [6.45, 7) is 12.1. The summed E-state index contributed by atoms with van der Waals surface area (Å²) in [6.07, 6.45) is 0.631. The molecule has 1 aliphatic rings. The minimum Gasteiger partial charge on any atom is -0.299 e. The second-order valence-corrected chi connectivity index (χ2v) is 4.84. The highest BCUT2D eigenvalue weighted by atomic mass is 32.2. The highest BCUT2D eigenvalue weighted by Gasteiger charge is 2.31. The molecule has 0 saturated heterocycles. The molecule has 1 fully saturated rings. The third-order valence-electron chi connectivity index (χ3n) is 1.58. The van der Waals surface area contributed by atoms with Crippen LogP contribution in [0, 0.1) is 0 Å². The first-order valence-corrected chi connectivity index (χ1v) is 6.73. The van der Waals surface area contributed by atoms with Gasteiger partial charge in [-0.05, 0) is 5.25 Å². The Morgan fingerprint density at radius 2 is 1.60 bits per heavy atom. The molecule has 0 heterocycles. The summed E-state index contributed by atoms with van der Waals surface area (Å²) >= 11 is 1.60. The smallest absolute Gasteiger partial charge is 0.153 e. The van der Waals surface area contributed by atoms with Gasteiger partial charge in [0.05, 0.1) is 11.7 Å². The second kappa shape index (κ2) is 10.2. The summed E-state index contributed by atoms with van der Waals surface area (Å²) in [5.74, 6) is 0.224. The Labute approximate surface area is 98.2 Å². The Bertz CT molecular complexity index is 188. The number of rotatable bonds is 2. The molecule has 3 heteroatoms. The van der Waals surface area contributed by atoms with E-state index in [0.29, 0.717) is 11.7 Å². The molecule has 0 aromatic heterocycles. The minimum absolute atomic E-state index is 0.0394. The zero-order valence-electron chi connectivity index (χ0n) is 10.8. The number of hydrogen-bond acceptors (Lipinski definition) is 3. The topological polar surface area (TPSA) is 34.1 Å². The zero-order chi connectivity index (χ0) is 12.4. The van der Waals surface area contributed by atoms with Gasteiger partial charge in [-0.15, -0.1) is 11.8 Å². The van der Waals surface area contributed by atoms with E-state index in [1.165, 1.54) is 0 Å². The largest absolute Gasteiger partial charge is 0.299 e. The molecule has 2 nitrogen and oxygen atoms in total. The van der Waals surface area contributed by atoms with E-state index in [9.17, 15) is 9.59 Å². The lowest BCUT2D eigenvalue weighted by molar-refractivity contribution is -0.121. The summed E-state index contributed by atoms with van der Waals surface area (Å²) in [7, 11) is 0. The van der Waals surface area contributed by atoms with Crippen LogP contribution in [0.1, 0.15) is 54.4 Å². The predicted octanol–water partition coefficient (Wildman–Crippen LogP) is 3.48. The summed E-state index contributed by atoms with van der Waals surface area (Å²) in [4.78, 5) is 21.9. The van der Waals surface area contributed by atoms with Gasteiger partial charge in [0.25, 0.3) is 0 Å². The molecule has 0 aliphatic heterocycles. The second-order valence-electron chi connectivity index (χ2n) is 3.06. The average Bonchev–Trinajstić information content (AvgIpc) is 2.51. The Morgan fingerprint density at radius 3 is 1.87 bits per heavy atom. The number of Topliss-reactive ketones (excluding diaryl/α,β-unsaturated/α-hetero) is 2. The maximum Gasteiger partial charge on any atom is 0.153 e. The van der Waals surface area contributed by atoms with Gasteiger partial charge in [-0.2, -0.15) is 0 Å². The van der Waals surface area contributed by atoms with E-state index >= 15 is 0 Å². The number of ketones is 2. The fourth-order valence-corrected chi connectivity index (χ4v) is 2.33. The van der Waals surface area contributed by atoms with Gasteiger partial charge >= 0.3 is 0 Å². The maximum atomic E-state index is 11.1. The van der Waals surface area contributed by atoms with Crippen molar-refractivity contribution in [3.8, 4) is 0 Å². The van der Waals surface area contributed by atoms with Crippen molar-refractivity contribution < 1.29 is 9.59 Å². The van der Waals surface area contributed by atoms with E-state index in [0.717, 1.165) is 0 Å². The lowest BCUT2D eigenvalue weighted by atomic mass is 10.3. The van der Waals surface area contributed by atoms with E-state index in [1.54, 1.807) is 11.8 Å². The molecule has 0 aromatic rings. The quantitative estimate of drug-likeness (QED) is 0.684. The van der Waals surface area contributed by atoms with Crippen molar-refractivity contribution in [2.75, 3.05) is 0 Å². The van der Waals surface area contributed by atoms with Crippen LogP contribution in [0.2, 0.25) is 0 Å². The Kier molecular flexibility index (Phi) is 11.6. The first-order chi connectivity index (χ1) is 7.09. The van der Waals surface area contributed by atoms with Crippen LogP contribution in [0.4, 0.5) is 0 Å². The van der Waals surface area contributed by atoms with E-state index in [2.05, 4.69) is 0 Å². The van der Waals surface area contributed by atoms with E-state index in [4.69, 9.17) is 0 Å². The van der Waals surface area contributed by atoms with Gasteiger partial charge in [0, 0.05) is 6.42 Å². The first-order valence-electron chi connectivity index (χ1n) is 5.79.